The minimum Gasteiger partial charge on any atom is -0.273 e. The van der Waals surface area contributed by atoms with Crippen molar-refractivity contribution in [1.29, 1.82) is 0 Å². The van der Waals surface area contributed by atoms with Crippen molar-refractivity contribution < 1.29 is 0 Å². The lowest BCUT2D eigenvalue weighted by atomic mass is 9.99. The lowest BCUT2D eigenvalue weighted by Crippen LogP contribution is -2.31. The molecule has 0 fully saturated rings. The fourth-order valence-corrected chi connectivity index (χ4v) is 3.21. The fraction of sp³-hybridized carbons (Fsp3) is 0.0952. The van der Waals surface area contributed by atoms with Gasteiger partial charge in [-0.3, -0.25) is 14.3 Å². The van der Waals surface area contributed by atoms with Crippen LogP contribution in [-0.2, 0) is 6.54 Å². The van der Waals surface area contributed by atoms with Gasteiger partial charge in [-0.1, -0.05) is 54.6 Å². The zero-order valence-electron chi connectivity index (χ0n) is 14.3. The molecular formula is C21H17N3O2. The standard InChI is InChI=1S/C21H17N3O2/c1-14-7-5-6-10-16(14)17-11-12-22-19-18(17)20(25)23-21(26)24(19)13-15-8-3-2-4-9-15/h2-12H,13H2,1H3,(H,23,25,26). The Morgan fingerprint density at radius 2 is 1.65 bits per heavy atom. The van der Waals surface area contributed by atoms with Crippen molar-refractivity contribution in [3.63, 3.8) is 0 Å². The fourth-order valence-electron chi connectivity index (χ4n) is 3.21. The van der Waals surface area contributed by atoms with E-state index in [1.54, 1.807) is 6.20 Å². The van der Waals surface area contributed by atoms with E-state index >= 15 is 0 Å². The molecule has 0 spiro atoms. The predicted molar refractivity (Wildman–Crippen MR) is 102 cm³/mol. The van der Waals surface area contributed by atoms with Crippen LogP contribution in [0.3, 0.4) is 0 Å². The second-order valence-corrected chi connectivity index (χ2v) is 6.20. The first-order chi connectivity index (χ1) is 12.6. The molecule has 4 rings (SSSR count). The van der Waals surface area contributed by atoms with E-state index in [9.17, 15) is 9.59 Å². The summed E-state index contributed by atoms with van der Waals surface area (Å²) in [4.78, 5) is 31.8. The summed E-state index contributed by atoms with van der Waals surface area (Å²) in [7, 11) is 0. The van der Waals surface area contributed by atoms with Crippen LogP contribution < -0.4 is 11.2 Å². The van der Waals surface area contributed by atoms with Crippen LogP contribution in [0.25, 0.3) is 22.2 Å². The number of H-pyrrole nitrogens is 1. The summed E-state index contributed by atoms with van der Waals surface area (Å²) in [6.45, 7) is 2.34. The Morgan fingerprint density at radius 1 is 0.923 bits per heavy atom. The Bertz CT molecular complexity index is 1210. The number of pyridine rings is 1. The van der Waals surface area contributed by atoms with E-state index in [1.165, 1.54) is 4.57 Å². The number of aryl methyl sites for hydroxylation is 1. The third kappa shape index (κ3) is 2.73. The van der Waals surface area contributed by atoms with Gasteiger partial charge in [0.25, 0.3) is 5.56 Å². The van der Waals surface area contributed by atoms with Gasteiger partial charge in [0.15, 0.2) is 0 Å². The van der Waals surface area contributed by atoms with Crippen LogP contribution in [0.4, 0.5) is 0 Å². The molecule has 5 nitrogen and oxygen atoms in total. The van der Waals surface area contributed by atoms with Crippen molar-refractivity contribution in [3.8, 4) is 11.1 Å². The average molecular weight is 343 g/mol. The summed E-state index contributed by atoms with van der Waals surface area (Å²) in [6, 6.07) is 19.3. The van der Waals surface area contributed by atoms with Crippen molar-refractivity contribution >= 4 is 11.0 Å². The Labute approximate surface area is 149 Å². The molecule has 0 aliphatic carbocycles. The maximum atomic E-state index is 12.6. The first-order valence-corrected chi connectivity index (χ1v) is 8.37. The van der Waals surface area contributed by atoms with Crippen LogP contribution in [0.1, 0.15) is 11.1 Å². The minimum absolute atomic E-state index is 0.344. The van der Waals surface area contributed by atoms with Crippen LogP contribution in [0.2, 0.25) is 0 Å². The van der Waals surface area contributed by atoms with Gasteiger partial charge in [0.05, 0.1) is 11.9 Å². The van der Waals surface area contributed by atoms with Gasteiger partial charge < -0.3 is 0 Å². The highest BCUT2D eigenvalue weighted by molar-refractivity contribution is 5.92. The van der Waals surface area contributed by atoms with Crippen LogP contribution in [0, 0.1) is 6.92 Å². The number of fused-ring (bicyclic) bond motifs is 1. The maximum Gasteiger partial charge on any atom is 0.330 e. The third-order valence-corrected chi connectivity index (χ3v) is 4.50. The summed E-state index contributed by atoms with van der Waals surface area (Å²) in [5.74, 6) is 0. The molecule has 2 aromatic heterocycles. The van der Waals surface area contributed by atoms with Crippen molar-refractivity contribution in [2.24, 2.45) is 0 Å². The molecule has 0 radical (unpaired) electrons. The number of hydrogen-bond acceptors (Lipinski definition) is 3. The monoisotopic (exact) mass is 343 g/mol. The molecule has 0 amide bonds. The Kier molecular flexibility index (Phi) is 3.97. The second kappa shape index (κ2) is 6.44. The van der Waals surface area contributed by atoms with E-state index in [4.69, 9.17) is 0 Å². The predicted octanol–water partition coefficient (Wildman–Crippen LogP) is 3.11. The highest BCUT2D eigenvalue weighted by Gasteiger charge is 2.15. The van der Waals surface area contributed by atoms with Gasteiger partial charge in [0, 0.05) is 6.20 Å². The van der Waals surface area contributed by atoms with Crippen molar-refractivity contribution in [2.75, 3.05) is 0 Å². The molecule has 1 N–H and O–H groups in total. The van der Waals surface area contributed by atoms with Gasteiger partial charge in [-0.05, 0) is 35.2 Å². The van der Waals surface area contributed by atoms with Crippen molar-refractivity contribution in [3.05, 3.63) is 98.8 Å². The van der Waals surface area contributed by atoms with Crippen molar-refractivity contribution in [2.45, 2.75) is 13.5 Å². The number of nitrogens with zero attached hydrogens (tertiary/aromatic N) is 2. The molecule has 0 atom stereocenters. The zero-order valence-corrected chi connectivity index (χ0v) is 14.3. The summed E-state index contributed by atoms with van der Waals surface area (Å²) < 4.78 is 1.51. The van der Waals surface area contributed by atoms with Gasteiger partial charge in [-0.25, -0.2) is 9.78 Å². The molecule has 0 aliphatic rings. The minimum atomic E-state index is -0.458. The molecule has 2 aromatic carbocycles. The molecule has 0 bridgehead atoms. The normalized spacial score (nSPS) is 11.0. The molecule has 0 saturated heterocycles. The Balaban J connectivity index is 2.01. The van der Waals surface area contributed by atoms with Crippen LogP contribution in [0.5, 0.6) is 0 Å². The van der Waals surface area contributed by atoms with Gasteiger partial charge in [0.1, 0.15) is 5.65 Å². The maximum absolute atomic E-state index is 12.6. The van der Waals surface area contributed by atoms with Crippen LogP contribution >= 0.6 is 0 Å². The van der Waals surface area contributed by atoms with E-state index in [2.05, 4.69) is 9.97 Å². The molecule has 0 aliphatic heterocycles. The van der Waals surface area contributed by atoms with Crippen LogP contribution in [-0.4, -0.2) is 14.5 Å². The number of rotatable bonds is 3. The molecule has 5 heteroatoms. The van der Waals surface area contributed by atoms with Gasteiger partial charge in [-0.15, -0.1) is 0 Å². The van der Waals surface area contributed by atoms with Crippen LogP contribution in [0.15, 0.2) is 76.4 Å². The number of benzene rings is 2. The molecule has 128 valence electrons. The summed E-state index contributed by atoms with van der Waals surface area (Å²) in [6.07, 6.45) is 1.64. The quantitative estimate of drug-likeness (QED) is 0.621. The zero-order chi connectivity index (χ0) is 18.1. The highest BCUT2D eigenvalue weighted by Crippen LogP contribution is 2.27. The topological polar surface area (TPSA) is 67.8 Å². The first kappa shape index (κ1) is 16.0. The third-order valence-electron chi connectivity index (χ3n) is 4.50. The SMILES string of the molecule is Cc1ccccc1-c1ccnc2c1c(=O)[nH]c(=O)n2Cc1ccccc1. The summed E-state index contributed by atoms with van der Waals surface area (Å²) in [5, 5.41) is 0.428. The van der Waals surface area contributed by atoms with Gasteiger partial charge in [-0.2, -0.15) is 0 Å². The van der Waals surface area contributed by atoms with E-state index in [0.717, 1.165) is 22.3 Å². The van der Waals surface area contributed by atoms with E-state index < -0.39 is 11.2 Å². The number of aromatic amines is 1. The molecule has 4 aromatic rings. The van der Waals surface area contributed by atoms with Gasteiger partial charge in [0.2, 0.25) is 0 Å². The lowest BCUT2D eigenvalue weighted by Gasteiger charge is -2.12. The van der Waals surface area contributed by atoms with E-state index in [-0.39, 0.29) is 0 Å². The number of hydrogen-bond donors (Lipinski definition) is 1. The second-order valence-electron chi connectivity index (χ2n) is 6.20. The summed E-state index contributed by atoms with van der Waals surface area (Å²) in [5.41, 5.74) is 3.27. The van der Waals surface area contributed by atoms with E-state index in [0.29, 0.717) is 17.6 Å². The number of nitrogens with one attached hydrogen (secondary N) is 1. The lowest BCUT2D eigenvalue weighted by molar-refractivity contribution is 0.746. The average Bonchev–Trinajstić information content (AvgIpc) is 2.66. The molecular weight excluding hydrogens is 326 g/mol. The molecule has 0 unspecified atom stereocenters. The largest absolute Gasteiger partial charge is 0.330 e. The van der Waals surface area contributed by atoms with Crippen molar-refractivity contribution in [1.82, 2.24) is 14.5 Å². The first-order valence-electron chi connectivity index (χ1n) is 8.37. The Morgan fingerprint density at radius 3 is 2.42 bits per heavy atom. The number of aromatic nitrogens is 3. The Hall–Kier alpha value is -3.47. The smallest absolute Gasteiger partial charge is 0.273 e. The molecule has 2 heterocycles. The summed E-state index contributed by atoms with van der Waals surface area (Å²) >= 11 is 0. The molecule has 26 heavy (non-hydrogen) atoms. The highest BCUT2D eigenvalue weighted by atomic mass is 16.2. The van der Waals surface area contributed by atoms with Gasteiger partial charge >= 0.3 is 5.69 Å². The van der Waals surface area contributed by atoms with E-state index in [1.807, 2.05) is 67.6 Å². The molecule has 0 saturated carbocycles.